The van der Waals surface area contributed by atoms with E-state index in [0.29, 0.717) is 49.7 Å². The summed E-state index contributed by atoms with van der Waals surface area (Å²) in [4.78, 5) is 34.2. The summed E-state index contributed by atoms with van der Waals surface area (Å²) in [6, 6.07) is 11.3. The van der Waals surface area contributed by atoms with Crippen molar-refractivity contribution in [1.82, 2.24) is 15.3 Å². The molecule has 3 heterocycles. The van der Waals surface area contributed by atoms with Crippen molar-refractivity contribution in [3.63, 3.8) is 0 Å². The SMILES string of the molecule is C=CC(=O)Nc1cccc(-c2cc(Cl)ccc2[C@@H](Oc2cc(N3CCC4(CC3)CN[C@H](C(=O)OCC)C4)nc(N)n2)C(F)(F)F)c1. The van der Waals surface area contributed by atoms with Gasteiger partial charge in [0.1, 0.15) is 11.9 Å². The molecule has 2 aliphatic rings. The highest BCUT2D eigenvalue weighted by Crippen LogP contribution is 2.44. The van der Waals surface area contributed by atoms with E-state index in [2.05, 4.69) is 27.2 Å². The molecule has 14 heteroatoms. The number of nitrogens with zero attached hydrogens (tertiary/aromatic N) is 3. The largest absolute Gasteiger partial charge is 0.465 e. The molecule has 0 saturated carbocycles. The highest BCUT2D eigenvalue weighted by atomic mass is 35.5. The van der Waals surface area contributed by atoms with Gasteiger partial charge in [0.05, 0.1) is 6.61 Å². The quantitative estimate of drug-likeness (QED) is 0.196. The number of benzene rings is 2. The maximum atomic E-state index is 14.7. The van der Waals surface area contributed by atoms with E-state index in [0.717, 1.165) is 18.9 Å². The van der Waals surface area contributed by atoms with Gasteiger partial charge in [-0.1, -0.05) is 36.4 Å². The summed E-state index contributed by atoms with van der Waals surface area (Å²) in [5.74, 6) is -0.971. The van der Waals surface area contributed by atoms with Crippen LogP contribution in [-0.2, 0) is 14.3 Å². The number of ether oxygens (including phenoxy) is 2. The minimum atomic E-state index is -4.86. The first-order valence-electron chi connectivity index (χ1n) is 14.8. The molecule has 2 aliphatic heterocycles. The maximum Gasteiger partial charge on any atom is 0.429 e. The first-order valence-corrected chi connectivity index (χ1v) is 15.1. The molecular formula is C32H34ClF3N6O4. The number of carbonyl (C=O) groups excluding carboxylic acids is 2. The van der Waals surface area contributed by atoms with Gasteiger partial charge in [0.15, 0.2) is 0 Å². The van der Waals surface area contributed by atoms with E-state index < -0.39 is 18.2 Å². The van der Waals surface area contributed by atoms with Gasteiger partial charge in [-0.05, 0) is 73.1 Å². The van der Waals surface area contributed by atoms with Crippen LogP contribution in [0.25, 0.3) is 11.1 Å². The van der Waals surface area contributed by atoms with Crippen LogP contribution < -0.4 is 26.0 Å². The Morgan fingerprint density at radius 2 is 1.98 bits per heavy atom. The first-order chi connectivity index (χ1) is 21.9. The molecule has 0 bridgehead atoms. The second kappa shape index (κ2) is 13.6. The molecular weight excluding hydrogens is 625 g/mol. The van der Waals surface area contributed by atoms with Crippen molar-refractivity contribution in [1.29, 1.82) is 0 Å². The third-order valence-electron chi connectivity index (χ3n) is 8.25. The molecule has 0 aliphatic carbocycles. The minimum absolute atomic E-state index is 0.0933. The fraction of sp³-hybridized carbons (Fsp3) is 0.375. The summed E-state index contributed by atoms with van der Waals surface area (Å²) < 4.78 is 54.8. The smallest absolute Gasteiger partial charge is 0.429 e. The zero-order valence-electron chi connectivity index (χ0n) is 25.1. The molecule has 4 N–H and O–H groups in total. The summed E-state index contributed by atoms with van der Waals surface area (Å²) in [6.07, 6.45) is -4.09. The van der Waals surface area contributed by atoms with Crippen molar-refractivity contribution in [2.45, 2.75) is 44.5 Å². The molecule has 0 radical (unpaired) electrons. The molecule has 3 aromatic rings. The van der Waals surface area contributed by atoms with Crippen LogP contribution in [0.15, 0.2) is 61.2 Å². The van der Waals surface area contributed by atoms with Crippen molar-refractivity contribution in [3.05, 3.63) is 71.8 Å². The number of amides is 1. The number of hydrogen-bond donors (Lipinski definition) is 3. The van der Waals surface area contributed by atoms with Crippen molar-refractivity contribution < 1.29 is 32.2 Å². The van der Waals surface area contributed by atoms with Crippen LogP contribution in [-0.4, -0.2) is 60.3 Å². The lowest BCUT2D eigenvalue weighted by Gasteiger charge is -2.39. The highest BCUT2D eigenvalue weighted by Gasteiger charge is 2.46. The topological polar surface area (TPSA) is 132 Å². The Bertz CT molecular complexity index is 1610. The van der Waals surface area contributed by atoms with E-state index in [-0.39, 0.29) is 45.4 Å². The average Bonchev–Trinajstić information content (AvgIpc) is 3.43. The Balaban J connectivity index is 1.39. The van der Waals surface area contributed by atoms with Gasteiger partial charge in [-0.15, -0.1) is 0 Å². The van der Waals surface area contributed by atoms with Crippen LogP contribution in [0.2, 0.25) is 5.02 Å². The Kier molecular flexibility index (Phi) is 9.73. The van der Waals surface area contributed by atoms with Gasteiger partial charge < -0.3 is 30.7 Å². The lowest BCUT2D eigenvalue weighted by atomic mass is 9.76. The molecule has 2 saturated heterocycles. The van der Waals surface area contributed by atoms with Gasteiger partial charge in [0.2, 0.25) is 23.8 Å². The number of esters is 1. The summed E-state index contributed by atoms with van der Waals surface area (Å²) in [5, 5.41) is 6.08. The fourth-order valence-electron chi connectivity index (χ4n) is 5.96. The summed E-state index contributed by atoms with van der Waals surface area (Å²) in [7, 11) is 0. The van der Waals surface area contributed by atoms with Gasteiger partial charge in [0.25, 0.3) is 0 Å². The molecule has 0 unspecified atom stereocenters. The normalized spacial score (nSPS) is 18.2. The van der Waals surface area contributed by atoms with Gasteiger partial charge in [0, 0.05) is 42.0 Å². The van der Waals surface area contributed by atoms with E-state index in [1.807, 2.05) is 4.90 Å². The zero-order valence-corrected chi connectivity index (χ0v) is 25.8. The number of hydrogen-bond acceptors (Lipinski definition) is 9. The lowest BCUT2D eigenvalue weighted by Crippen LogP contribution is -2.41. The Hall–Kier alpha value is -4.36. The number of rotatable bonds is 9. The molecule has 244 valence electrons. The van der Waals surface area contributed by atoms with E-state index >= 15 is 0 Å². The third kappa shape index (κ3) is 7.53. The van der Waals surface area contributed by atoms with E-state index in [1.54, 1.807) is 25.1 Å². The fourth-order valence-corrected chi connectivity index (χ4v) is 6.13. The standard InChI is InChI=1S/C32H34ClF3N6O4/c1-3-26(43)39-21-7-5-6-19(14-21)23-15-20(33)8-9-22(23)28(32(34,35)36)46-27-16-25(40-30(37)41-27)42-12-10-31(11-13-42)17-24(38-18-31)29(44)45-4-2/h3,5-9,14-16,24,28,38H,1,4,10-13,17-18H2,2H3,(H,39,43)(H2,37,40,41)/t24-,28+/m0/s1. The van der Waals surface area contributed by atoms with Crippen LogP contribution in [0.1, 0.15) is 37.9 Å². The van der Waals surface area contributed by atoms with Crippen molar-refractivity contribution in [2.75, 3.05) is 42.2 Å². The van der Waals surface area contributed by atoms with Gasteiger partial charge in [-0.25, -0.2) is 0 Å². The molecule has 2 atom stereocenters. The van der Waals surface area contributed by atoms with E-state index in [4.69, 9.17) is 26.8 Å². The number of anilines is 3. The number of carbonyl (C=O) groups is 2. The highest BCUT2D eigenvalue weighted by molar-refractivity contribution is 6.30. The molecule has 46 heavy (non-hydrogen) atoms. The van der Waals surface area contributed by atoms with Crippen LogP contribution in [0.4, 0.5) is 30.6 Å². The van der Waals surface area contributed by atoms with Crippen LogP contribution in [0, 0.1) is 5.41 Å². The maximum absolute atomic E-state index is 14.7. The van der Waals surface area contributed by atoms with Crippen molar-refractivity contribution in [2.24, 2.45) is 5.41 Å². The van der Waals surface area contributed by atoms with Crippen LogP contribution >= 0.6 is 11.6 Å². The van der Waals surface area contributed by atoms with Crippen molar-refractivity contribution in [3.8, 4) is 17.0 Å². The summed E-state index contributed by atoms with van der Waals surface area (Å²) in [5.41, 5.74) is 6.54. The Morgan fingerprint density at radius 1 is 1.22 bits per heavy atom. The molecule has 1 aromatic heterocycles. The lowest BCUT2D eigenvalue weighted by molar-refractivity contribution is -0.198. The Morgan fingerprint density at radius 3 is 2.67 bits per heavy atom. The number of piperidine rings is 1. The minimum Gasteiger partial charge on any atom is -0.465 e. The van der Waals surface area contributed by atoms with Gasteiger partial charge >= 0.3 is 12.1 Å². The predicted molar refractivity (Wildman–Crippen MR) is 169 cm³/mol. The number of aromatic nitrogens is 2. The monoisotopic (exact) mass is 658 g/mol. The van der Waals surface area contributed by atoms with Gasteiger partial charge in [-0.3, -0.25) is 9.59 Å². The number of nitrogen functional groups attached to an aromatic ring is 1. The van der Waals surface area contributed by atoms with Gasteiger partial charge in [-0.2, -0.15) is 23.1 Å². The molecule has 2 aromatic carbocycles. The number of nitrogens with two attached hydrogens (primary N) is 1. The van der Waals surface area contributed by atoms with Crippen molar-refractivity contribution >= 4 is 40.9 Å². The molecule has 5 rings (SSSR count). The molecule has 1 amide bonds. The Labute approximate surface area is 269 Å². The first kappa shape index (κ1) is 33.0. The third-order valence-corrected chi connectivity index (χ3v) is 8.48. The number of halogens is 4. The number of alkyl halides is 3. The summed E-state index contributed by atoms with van der Waals surface area (Å²) >= 11 is 6.23. The molecule has 1 spiro atoms. The van der Waals surface area contributed by atoms with E-state index in [9.17, 15) is 22.8 Å². The predicted octanol–water partition coefficient (Wildman–Crippen LogP) is 5.70. The van der Waals surface area contributed by atoms with Crippen LogP contribution in [0.3, 0.4) is 0 Å². The zero-order chi connectivity index (χ0) is 33.1. The second-order valence-electron chi connectivity index (χ2n) is 11.3. The van der Waals surface area contributed by atoms with E-state index in [1.165, 1.54) is 30.3 Å². The van der Waals surface area contributed by atoms with Crippen LogP contribution in [0.5, 0.6) is 5.88 Å². The average molecular weight is 659 g/mol. The number of nitrogens with one attached hydrogen (secondary N) is 2. The molecule has 2 fully saturated rings. The summed E-state index contributed by atoms with van der Waals surface area (Å²) in [6.45, 7) is 7.27. The molecule has 10 nitrogen and oxygen atoms in total. The second-order valence-corrected chi connectivity index (χ2v) is 11.8.